The maximum absolute atomic E-state index is 11.2. The molecule has 2 rings (SSSR count). The average Bonchev–Trinajstić information content (AvgIpc) is 2.37. The minimum atomic E-state index is 0.0755. The Morgan fingerprint density at radius 2 is 2.05 bits per heavy atom. The summed E-state index contributed by atoms with van der Waals surface area (Å²) in [6.45, 7) is 5.64. The first kappa shape index (κ1) is 14.5. The summed E-state index contributed by atoms with van der Waals surface area (Å²) in [4.78, 5) is 19.5. The highest BCUT2D eigenvalue weighted by molar-refractivity contribution is 6.32. The molecule has 1 heterocycles. The minimum Gasteiger partial charge on any atom is -0.491 e. The summed E-state index contributed by atoms with van der Waals surface area (Å²) in [6.07, 6.45) is 0.749. The molecule has 0 N–H and O–H groups in total. The number of ether oxygens (including phenoxy) is 1. The van der Waals surface area contributed by atoms with Gasteiger partial charge in [0.05, 0.1) is 17.4 Å². The summed E-state index contributed by atoms with van der Waals surface area (Å²) in [6, 6.07) is 7.41. The van der Waals surface area contributed by atoms with Crippen LogP contribution in [0.5, 0.6) is 5.75 Å². The molecule has 0 aliphatic heterocycles. The summed E-state index contributed by atoms with van der Waals surface area (Å²) in [5.41, 5.74) is 1.59. The van der Waals surface area contributed by atoms with Crippen LogP contribution in [0.3, 0.4) is 0 Å². The molecular weight excluding hydrogens is 276 g/mol. The molecule has 0 aliphatic rings. The Labute approximate surface area is 122 Å². The van der Waals surface area contributed by atoms with E-state index in [2.05, 4.69) is 9.97 Å². The van der Waals surface area contributed by atoms with Crippen molar-refractivity contribution >= 4 is 17.9 Å². The molecule has 0 unspecified atom stereocenters. The second kappa shape index (κ2) is 6.01. The van der Waals surface area contributed by atoms with Gasteiger partial charge in [0.25, 0.3) is 0 Å². The highest BCUT2D eigenvalue weighted by atomic mass is 35.5. The normalized spacial score (nSPS) is 10.7. The van der Waals surface area contributed by atoms with Gasteiger partial charge >= 0.3 is 0 Å². The smallest absolute Gasteiger partial charge is 0.155 e. The number of aryl methyl sites for hydroxylation is 1. The zero-order valence-electron chi connectivity index (χ0n) is 11.6. The Kier molecular flexibility index (Phi) is 4.35. The Morgan fingerprint density at radius 1 is 1.30 bits per heavy atom. The fourth-order valence-corrected chi connectivity index (χ4v) is 2.12. The lowest BCUT2D eigenvalue weighted by Crippen LogP contribution is -2.05. The number of benzene rings is 1. The van der Waals surface area contributed by atoms with Gasteiger partial charge in [-0.25, -0.2) is 9.97 Å². The fourth-order valence-electron chi connectivity index (χ4n) is 1.86. The van der Waals surface area contributed by atoms with Crippen molar-refractivity contribution in [1.29, 1.82) is 0 Å². The van der Waals surface area contributed by atoms with Gasteiger partial charge in [-0.3, -0.25) is 4.79 Å². The van der Waals surface area contributed by atoms with Crippen LogP contribution < -0.4 is 4.74 Å². The van der Waals surface area contributed by atoms with Gasteiger partial charge in [0.15, 0.2) is 6.29 Å². The molecule has 5 heteroatoms. The van der Waals surface area contributed by atoms with E-state index in [1.807, 2.05) is 38.1 Å². The van der Waals surface area contributed by atoms with Crippen LogP contribution in [0.4, 0.5) is 0 Å². The quantitative estimate of drug-likeness (QED) is 0.636. The molecule has 0 amide bonds. The van der Waals surface area contributed by atoms with Crippen LogP contribution >= 0.6 is 11.6 Å². The monoisotopic (exact) mass is 290 g/mol. The predicted octanol–water partition coefficient (Wildman–Crippen LogP) is 3.71. The number of carbonyl (C=O) groups is 1. The van der Waals surface area contributed by atoms with Gasteiger partial charge < -0.3 is 4.74 Å². The minimum absolute atomic E-state index is 0.0755. The van der Waals surface area contributed by atoms with Crippen LogP contribution in [0, 0.1) is 6.92 Å². The molecule has 2 aromatic rings. The molecule has 1 aromatic carbocycles. The van der Waals surface area contributed by atoms with Crippen molar-refractivity contribution in [2.24, 2.45) is 0 Å². The van der Waals surface area contributed by atoms with Crippen molar-refractivity contribution in [1.82, 2.24) is 9.97 Å². The maximum Gasteiger partial charge on any atom is 0.155 e. The number of aromatic nitrogens is 2. The van der Waals surface area contributed by atoms with Gasteiger partial charge in [-0.05, 0) is 32.9 Å². The van der Waals surface area contributed by atoms with Crippen molar-refractivity contribution < 1.29 is 9.53 Å². The summed E-state index contributed by atoms with van der Waals surface area (Å²) < 4.78 is 5.65. The van der Waals surface area contributed by atoms with Crippen molar-refractivity contribution in [2.45, 2.75) is 26.9 Å². The average molecular weight is 291 g/mol. The SMILES string of the molecule is Cc1nc(Cl)c(C=O)c(-c2cccc(OC(C)C)c2)n1. The van der Waals surface area contributed by atoms with Gasteiger partial charge in [-0.15, -0.1) is 0 Å². The van der Waals surface area contributed by atoms with E-state index >= 15 is 0 Å². The number of hydrogen-bond acceptors (Lipinski definition) is 4. The number of carbonyl (C=O) groups excluding carboxylic acids is 1. The summed E-state index contributed by atoms with van der Waals surface area (Å²) in [7, 11) is 0. The van der Waals surface area contributed by atoms with Crippen LogP contribution in [-0.4, -0.2) is 22.4 Å². The van der Waals surface area contributed by atoms with E-state index in [0.717, 1.165) is 11.3 Å². The molecule has 0 fully saturated rings. The Bertz CT molecular complexity index is 642. The van der Waals surface area contributed by atoms with E-state index < -0.39 is 0 Å². The van der Waals surface area contributed by atoms with Crippen LogP contribution in [0.2, 0.25) is 5.15 Å². The topological polar surface area (TPSA) is 52.1 Å². The first-order valence-corrected chi connectivity index (χ1v) is 6.65. The first-order chi connectivity index (χ1) is 9.51. The van der Waals surface area contributed by atoms with E-state index in [4.69, 9.17) is 16.3 Å². The second-order valence-electron chi connectivity index (χ2n) is 4.64. The number of rotatable bonds is 4. The molecule has 0 aliphatic carbocycles. The van der Waals surface area contributed by atoms with Crippen LogP contribution in [0.25, 0.3) is 11.3 Å². The van der Waals surface area contributed by atoms with E-state index in [9.17, 15) is 4.79 Å². The number of nitrogens with zero attached hydrogens (tertiary/aromatic N) is 2. The Hall–Kier alpha value is -1.94. The highest BCUT2D eigenvalue weighted by Crippen LogP contribution is 2.28. The molecule has 104 valence electrons. The molecule has 0 atom stereocenters. The zero-order chi connectivity index (χ0) is 14.7. The second-order valence-corrected chi connectivity index (χ2v) is 4.99. The first-order valence-electron chi connectivity index (χ1n) is 6.27. The highest BCUT2D eigenvalue weighted by Gasteiger charge is 2.13. The Balaban J connectivity index is 2.53. The zero-order valence-corrected chi connectivity index (χ0v) is 12.3. The third-order valence-corrected chi connectivity index (χ3v) is 2.90. The molecular formula is C15H15ClN2O2. The van der Waals surface area contributed by atoms with Crippen molar-refractivity contribution in [3.63, 3.8) is 0 Å². The van der Waals surface area contributed by atoms with Gasteiger partial charge in [-0.2, -0.15) is 0 Å². The number of aldehydes is 1. The van der Waals surface area contributed by atoms with Crippen LogP contribution in [-0.2, 0) is 0 Å². The van der Waals surface area contributed by atoms with E-state index in [-0.39, 0.29) is 11.3 Å². The van der Waals surface area contributed by atoms with Crippen LogP contribution in [0.1, 0.15) is 30.0 Å². The van der Waals surface area contributed by atoms with Gasteiger partial charge in [-0.1, -0.05) is 23.7 Å². The van der Waals surface area contributed by atoms with Crippen LogP contribution in [0.15, 0.2) is 24.3 Å². The maximum atomic E-state index is 11.2. The number of hydrogen-bond donors (Lipinski definition) is 0. The van der Waals surface area contributed by atoms with Crippen molar-refractivity contribution in [2.75, 3.05) is 0 Å². The number of halogens is 1. The standard InChI is InChI=1S/C15H15ClN2O2/c1-9(2)20-12-6-4-5-11(7-12)14-13(8-19)15(16)18-10(3)17-14/h4-9H,1-3H3. The third kappa shape index (κ3) is 3.14. The molecule has 20 heavy (non-hydrogen) atoms. The largest absolute Gasteiger partial charge is 0.491 e. The predicted molar refractivity (Wildman–Crippen MR) is 78.4 cm³/mol. The summed E-state index contributed by atoms with van der Waals surface area (Å²) in [5.74, 6) is 1.24. The Morgan fingerprint density at radius 3 is 2.70 bits per heavy atom. The van der Waals surface area contributed by atoms with E-state index in [1.54, 1.807) is 6.92 Å². The molecule has 4 nitrogen and oxygen atoms in total. The molecule has 0 bridgehead atoms. The molecule has 0 radical (unpaired) electrons. The fraction of sp³-hybridized carbons (Fsp3) is 0.267. The van der Waals surface area contributed by atoms with Gasteiger partial charge in [0, 0.05) is 5.56 Å². The van der Waals surface area contributed by atoms with Gasteiger partial charge in [0.2, 0.25) is 0 Å². The lowest BCUT2D eigenvalue weighted by Gasteiger charge is -2.12. The summed E-state index contributed by atoms with van der Waals surface area (Å²) >= 11 is 6.00. The van der Waals surface area contributed by atoms with Gasteiger partial charge in [0.1, 0.15) is 16.7 Å². The lowest BCUT2D eigenvalue weighted by molar-refractivity contribution is 0.112. The van der Waals surface area contributed by atoms with E-state index in [1.165, 1.54) is 0 Å². The third-order valence-electron chi connectivity index (χ3n) is 2.61. The lowest BCUT2D eigenvalue weighted by atomic mass is 10.1. The molecule has 0 saturated carbocycles. The molecule has 1 aromatic heterocycles. The summed E-state index contributed by atoms with van der Waals surface area (Å²) in [5, 5.41) is 0.165. The molecule has 0 saturated heterocycles. The van der Waals surface area contributed by atoms with Crippen molar-refractivity contribution in [3.8, 4) is 17.0 Å². The molecule has 0 spiro atoms. The van der Waals surface area contributed by atoms with E-state index in [0.29, 0.717) is 23.4 Å². The van der Waals surface area contributed by atoms with Crippen molar-refractivity contribution in [3.05, 3.63) is 40.8 Å².